The summed E-state index contributed by atoms with van der Waals surface area (Å²) < 4.78 is 10.8. The minimum absolute atomic E-state index is 0.0154. The monoisotopic (exact) mass is 331 g/mol. The standard InChI is InChI=1S/C16H17N3O5/c1-9(2)24-14-5-4-10(23-3)6-11(14)19-15(20)12-7-18-13(8-17-12)16(21)22/h4-9H,1-3H3,(H,19,20)(H,21,22). The molecule has 0 aliphatic carbocycles. The molecule has 24 heavy (non-hydrogen) atoms. The minimum Gasteiger partial charge on any atom is -0.497 e. The van der Waals surface area contributed by atoms with Gasteiger partial charge in [-0.2, -0.15) is 0 Å². The van der Waals surface area contributed by atoms with Crippen LogP contribution in [-0.4, -0.2) is 40.2 Å². The molecule has 1 amide bonds. The first kappa shape index (κ1) is 17.2. The maximum atomic E-state index is 12.3. The molecule has 2 rings (SSSR count). The summed E-state index contributed by atoms with van der Waals surface area (Å²) in [5, 5.41) is 11.5. The summed E-state index contributed by atoms with van der Waals surface area (Å²) in [6.45, 7) is 3.73. The van der Waals surface area contributed by atoms with Gasteiger partial charge in [0.25, 0.3) is 5.91 Å². The van der Waals surface area contributed by atoms with Crippen molar-refractivity contribution in [2.75, 3.05) is 12.4 Å². The molecule has 8 heteroatoms. The molecule has 1 aromatic heterocycles. The number of hydrogen-bond acceptors (Lipinski definition) is 6. The van der Waals surface area contributed by atoms with Crippen LogP contribution in [0.2, 0.25) is 0 Å². The number of amides is 1. The van der Waals surface area contributed by atoms with Crippen molar-refractivity contribution in [1.82, 2.24) is 9.97 Å². The number of benzene rings is 1. The van der Waals surface area contributed by atoms with E-state index in [0.717, 1.165) is 12.4 Å². The molecule has 0 unspecified atom stereocenters. The topological polar surface area (TPSA) is 111 Å². The quantitative estimate of drug-likeness (QED) is 0.835. The van der Waals surface area contributed by atoms with Gasteiger partial charge in [0.05, 0.1) is 31.3 Å². The van der Waals surface area contributed by atoms with E-state index in [1.807, 2.05) is 13.8 Å². The van der Waals surface area contributed by atoms with E-state index in [2.05, 4.69) is 15.3 Å². The van der Waals surface area contributed by atoms with Crippen molar-refractivity contribution in [1.29, 1.82) is 0 Å². The van der Waals surface area contributed by atoms with Crippen molar-refractivity contribution in [2.24, 2.45) is 0 Å². The number of carbonyl (C=O) groups is 2. The third-order valence-electron chi connectivity index (χ3n) is 2.90. The van der Waals surface area contributed by atoms with Crippen LogP contribution in [0.1, 0.15) is 34.8 Å². The first-order valence-electron chi connectivity index (χ1n) is 7.12. The predicted octanol–water partition coefficient (Wildman–Crippen LogP) is 2.22. The first-order valence-corrected chi connectivity index (χ1v) is 7.12. The van der Waals surface area contributed by atoms with E-state index in [4.69, 9.17) is 14.6 Å². The van der Waals surface area contributed by atoms with Gasteiger partial charge in [0.2, 0.25) is 0 Å². The molecular weight excluding hydrogens is 314 g/mol. The van der Waals surface area contributed by atoms with Gasteiger partial charge < -0.3 is 19.9 Å². The van der Waals surface area contributed by atoms with Crippen molar-refractivity contribution in [3.8, 4) is 11.5 Å². The zero-order valence-corrected chi connectivity index (χ0v) is 13.4. The van der Waals surface area contributed by atoms with Crippen LogP contribution in [0.4, 0.5) is 5.69 Å². The number of carboxylic acid groups (broad SMARTS) is 1. The smallest absolute Gasteiger partial charge is 0.356 e. The third-order valence-corrected chi connectivity index (χ3v) is 2.90. The highest BCUT2D eigenvalue weighted by Gasteiger charge is 2.15. The lowest BCUT2D eigenvalue weighted by atomic mass is 10.2. The van der Waals surface area contributed by atoms with Gasteiger partial charge in [-0.15, -0.1) is 0 Å². The van der Waals surface area contributed by atoms with Crippen LogP contribution >= 0.6 is 0 Å². The molecule has 0 radical (unpaired) electrons. The molecule has 126 valence electrons. The predicted molar refractivity (Wildman–Crippen MR) is 85.7 cm³/mol. The summed E-state index contributed by atoms with van der Waals surface area (Å²) in [7, 11) is 1.51. The number of aromatic carboxylic acids is 1. The second-order valence-corrected chi connectivity index (χ2v) is 5.07. The Morgan fingerprint density at radius 2 is 1.83 bits per heavy atom. The fraction of sp³-hybridized carbons (Fsp3) is 0.250. The van der Waals surface area contributed by atoms with Gasteiger partial charge in [0, 0.05) is 6.07 Å². The van der Waals surface area contributed by atoms with Crippen molar-refractivity contribution in [3.63, 3.8) is 0 Å². The first-order chi connectivity index (χ1) is 11.4. The Hall–Kier alpha value is -3.16. The Kier molecular flexibility index (Phi) is 5.31. The molecule has 1 heterocycles. The van der Waals surface area contributed by atoms with E-state index in [1.165, 1.54) is 7.11 Å². The molecule has 0 atom stereocenters. The molecular formula is C16H17N3O5. The van der Waals surface area contributed by atoms with E-state index < -0.39 is 11.9 Å². The fourth-order valence-electron chi connectivity index (χ4n) is 1.83. The molecule has 0 spiro atoms. The van der Waals surface area contributed by atoms with Crippen molar-refractivity contribution in [2.45, 2.75) is 20.0 Å². The molecule has 0 bridgehead atoms. The van der Waals surface area contributed by atoms with Gasteiger partial charge in [0.1, 0.15) is 17.2 Å². The SMILES string of the molecule is COc1ccc(OC(C)C)c(NC(=O)c2cnc(C(=O)O)cn2)c1. The Morgan fingerprint density at radius 1 is 1.17 bits per heavy atom. The van der Waals surface area contributed by atoms with Crippen molar-refractivity contribution in [3.05, 3.63) is 42.0 Å². The van der Waals surface area contributed by atoms with Gasteiger partial charge in [-0.3, -0.25) is 4.79 Å². The van der Waals surface area contributed by atoms with Gasteiger partial charge in [-0.1, -0.05) is 0 Å². The van der Waals surface area contributed by atoms with Crippen molar-refractivity contribution < 1.29 is 24.2 Å². The van der Waals surface area contributed by atoms with E-state index in [0.29, 0.717) is 17.2 Å². The average Bonchev–Trinajstić information content (AvgIpc) is 2.56. The second-order valence-electron chi connectivity index (χ2n) is 5.07. The van der Waals surface area contributed by atoms with Gasteiger partial charge in [0.15, 0.2) is 5.69 Å². The summed E-state index contributed by atoms with van der Waals surface area (Å²) in [6, 6.07) is 5.02. The Morgan fingerprint density at radius 3 is 2.38 bits per heavy atom. The Labute approximate surface area is 138 Å². The number of nitrogens with one attached hydrogen (secondary N) is 1. The molecule has 2 N–H and O–H groups in total. The maximum Gasteiger partial charge on any atom is 0.356 e. The molecule has 0 aliphatic heterocycles. The van der Waals surface area contributed by atoms with Crippen molar-refractivity contribution >= 4 is 17.6 Å². The second kappa shape index (κ2) is 7.40. The number of aromatic nitrogens is 2. The van der Waals surface area contributed by atoms with Crippen LogP contribution in [0.5, 0.6) is 11.5 Å². The van der Waals surface area contributed by atoms with Crippen LogP contribution in [-0.2, 0) is 0 Å². The molecule has 1 aromatic carbocycles. The summed E-state index contributed by atoms with van der Waals surface area (Å²) in [5.41, 5.74) is 0.159. The largest absolute Gasteiger partial charge is 0.497 e. The van der Waals surface area contributed by atoms with E-state index >= 15 is 0 Å². The summed E-state index contributed by atoms with van der Waals surface area (Å²) >= 11 is 0. The lowest BCUT2D eigenvalue weighted by Gasteiger charge is -2.15. The van der Waals surface area contributed by atoms with Crippen LogP contribution in [0.25, 0.3) is 0 Å². The highest BCUT2D eigenvalue weighted by molar-refractivity contribution is 6.03. The Balaban J connectivity index is 2.24. The number of hydrogen-bond donors (Lipinski definition) is 2. The molecule has 0 saturated heterocycles. The van der Waals surface area contributed by atoms with Crippen LogP contribution in [0.15, 0.2) is 30.6 Å². The molecule has 8 nitrogen and oxygen atoms in total. The summed E-state index contributed by atoms with van der Waals surface area (Å²) in [6.07, 6.45) is 2.04. The lowest BCUT2D eigenvalue weighted by Crippen LogP contribution is -2.17. The number of methoxy groups -OCH3 is 1. The maximum absolute atomic E-state index is 12.3. The van der Waals surface area contributed by atoms with Gasteiger partial charge in [-0.05, 0) is 26.0 Å². The van der Waals surface area contributed by atoms with Crippen LogP contribution in [0, 0.1) is 0 Å². The van der Waals surface area contributed by atoms with E-state index in [-0.39, 0.29) is 17.5 Å². The molecule has 2 aromatic rings. The third kappa shape index (κ3) is 4.19. The zero-order chi connectivity index (χ0) is 17.7. The summed E-state index contributed by atoms with van der Waals surface area (Å²) in [4.78, 5) is 30.5. The highest BCUT2D eigenvalue weighted by atomic mass is 16.5. The normalized spacial score (nSPS) is 10.3. The Bertz CT molecular complexity index is 744. The molecule has 0 fully saturated rings. The zero-order valence-electron chi connectivity index (χ0n) is 13.4. The van der Waals surface area contributed by atoms with E-state index in [9.17, 15) is 9.59 Å². The van der Waals surface area contributed by atoms with Gasteiger partial charge in [-0.25, -0.2) is 14.8 Å². The number of carboxylic acids is 1. The molecule has 0 aliphatic rings. The minimum atomic E-state index is -1.21. The number of ether oxygens (including phenoxy) is 2. The van der Waals surface area contributed by atoms with Gasteiger partial charge >= 0.3 is 5.97 Å². The number of rotatable bonds is 6. The number of carbonyl (C=O) groups excluding carboxylic acids is 1. The average molecular weight is 331 g/mol. The van der Waals surface area contributed by atoms with E-state index in [1.54, 1.807) is 18.2 Å². The highest BCUT2D eigenvalue weighted by Crippen LogP contribution is 2.30. The van der Waals surface area contributed by atoms with Crippen LogP contribution < -0.4 is 14.8 Å². The lowest BCUT2D eigenvalue weighted by molar-refractivity contribution is 0.0689. The molecule has 0 saturated carbocycles. The number of anilines is 1. The fourth-order valence-corrected chi connectivity index (χ4v) is 1.83. The number of nitrogens with zero attached hydrogens (tertiary/aromatic N) is 2. The van der Waals surface area contributed by atoms with Crippen LogP contribution in [0.3, 0.4) is 0 Å². The summed E-state index contributed by atoms with van der Waals surface area (Å²) in [5.74, 6) is -0.723.